The van der Waals surface area contributed by atoms with Crippen LogP contribution in [-0.4, -0.2) is 11.0 Å². The quantitative estimate of drug-likeness (QED) is 0.505. The summed E-state index contributed by atoms with van der Waals surface area (Å²) in [5.74, 6) is -0.371. The molecular formula is C16H9Cl3N2OS2. The minimum Gasteiger partial charge on any atom is -0.332 e. The summed E-state index contributed by atoms with van der Waals surface area (Å²) in [6.07, 6.45) is 0. The molecule has 122 valence electrons. The van der Waals surface area contributed by atoms with Gasteiger partial charge in [-0.2, -0.15) is 0 Å². The highest BCUT2D eigenvalue weighted by molar-refractivity contribution is 7.80. The number of carbonyl (C=O) groups is 1. The Bertz CT molecular complexity index is 938. The summed E-state index contributed by atoms with van der Waals surface area (Å²) >= 11 is 24.5. The fourth-order valence-electron chi connectivity index (χ4n) is 2.04. The summed E-state index contributed by atoms with van der Waals surface area (Å²) in [5, 5.41) is 8.08. The van der Waals surface area contributed by atoms with E-state index in [4.69, 9.17) is 47.0 Å². The van der Waals surface area contributed by atoms with Gasteiger partial charge in [0.05, 0.1) is 5.02 Å². The van der Waals surface area contributed by atoms with Gasteiger partial charge in [-0.25, -0.2) is 0 Å². The van der Waals surface area contributed by atoms with E-state index in [1.54, 1.807) is 42.5 Å². The molecule has 0 saturated heterocycles. The van der Waals surface area contributed by atoms with Gasteiger partial charge < -0.3 is 5.32 Å². The zero-order valence-corrected chi connectivity index (χ0v) is 15.8. The van der Waals surface area contributed by atoms with E-state index in [-0.39, 0.29) is 11.0 Å². The molecule has 0 spiro atoms. The van der Waals surface area contributed by atoms with Crippen LogP contribution in [0.3, 0.4) is 0 Å². The second kappa shape index (κ2) is 7.25. The molecule has 0 aliphatic heterocycles. The van der Waals surface area contributed by atoms with Crippen molar-refractivity contribution in [1.29, 1.82) is 0 Å². The summed E-state index contributed by atoms with van der Waals surface area (Å²) in [6, 6.07) is 12.3. The van der Waals surface area contributed by atoms with Gasteiger partial charge in [0.2, 0.25) is 0 Å². The van der Waals surface area contributed by atoms with E-state index in [9.17, 15) is 4.79 Å². The number of fused-ring (bicyclic) bond motifs is 1. The van der Waals surface area contributed by atoms with Crippen molar-refractivity contribution in [3.05, 3.63) is 62.4 Å². The maximum absolute atomic E-state index is 12.4. The number of halogens is 3. The molecule has 8 heteroatoms. The number of rotatable bonds is 2. The molecule has 0 aliphatic rings. The normalized spacial score (nSPS) is 10.6. The van der Waals surface area contributed by atoms with Crippen molar-refractivity contribution in [1.82, 2.24) is 5.32 Å². The number of hydrogen-bond donors (Lipinski definition) is 2. The van der Waals surface area contributed by atoms with Gasteiger partial charge in [-0.1, -0.05) is 40.9 Å². The predicted molar refractivity (Wildman–Crippen MR) is 107 cm³/mol. The van der Waals surface area contributed by atoms with Crippen LogP contribution in [0.5, 0.6) is 0 Å². The lowest BCUT2D eigenvalue weighted by molar-refractivity contribution is 0.0982. The zero-order chi connectivity index (χ0) is 17.3. The third-order valence-corrected chi connectivity index (χ3v) is 5.47. The number of hydrogen-bond acceptors (Lipinski definition) is 3. The second-order valence-electron chi connectivity index (χ2n) is 4.80. The topological polar surface area (TPSA) is 41.1 Å². The lowest BCUT2D eigenvalue weighted by Crippen LogP contribution is -2.33. The molecule has 3 nitrogen and oxygen atoms in total. The largest absolute Gasteiger partial charge is 0.332 e. The van der Waals surface area contributed by atoms with E-state index in [1.807, 2.05) is 0 Å². The molecule has 1 aromatic heterocycles. The molecule has 3 rings (SSSR count). The van der Waals surface area contributed by atoms with Crippen LogP contribution in [0.1, 0.15) is 9.67 Å². The molecule has 24 heavy (non-hydrogen) atoms. The predicted octanol–water partition coefficient (Wildman–Crippen LogP) is 5.99. The van der Waals surface area contributed by atoms with Crippen molar-refractivity contribution in [2.45, 2.75) is 0 Å². The number of thiophene rings is 1. The molecule has 0 unspecified atom stereocenters. The maximum Gasteiger partial charge on any atom is 0.269 e. The first kappa shape index (κ1) is 17.5. The van der Waals surface area contributed by atoms with Crippen molar-refractivity contribution >= 4 is 85.2 Å². The summed E-state index contributed by atoms with van der Waals surface area (Å²) in [4.78, 5) is 12.8. The first-order valence-corrected chi connectivity index (χ1v) is 9.05. The molecule has 3 aromatic rings. The molecule has 0 bridgehead atoms. The third kappa shape index (κ3) is 3.82. The van der Waals surface area contributed by atoms with Gasteiger partial charge in [0.25, 0.3) is 5.91 Å². The Labute approximate surface area is 162 Å². The number of amides is 1. The van der Waals surface area contributed by atoms with Crippen LogP contribution in [0.2, 0.25) is 15.1 Å². The zero-order valence-electron chi connectivity index (χ0n) is 11.9. The van der Waals surface area contributed by atoms with Crippen LogP contribution in [0.15, 0.2) is 42.5 Å². The summed E-state index contributed by atoms with van der Waals surface area (Å²) in [5.41, 5.74) is 0.721. The number of thiocarbonyl (C=S) groups is 1. The van der Waals surface area contributed by atoms with Crippen molar-refractivity contribution in [3.8, 4) is 0 Å². The van der Waals surface area contributed by atoms with Gasteiger partial charge in [0, 0.05) is 25.8 Å². The van der Waals surface area contributed by atoms with Gasteiger partial charge in [-0.15, -0.1) is 11.3 Å². The Kier molecular flexibility index (Phi) is 5.27. The molecule has 0 aliphatic carbocycles. The van der Waals surface area contributed by atoms with Gasteiger partial charge >= 0.3 is 0 Å². The summed E-state index contributed by atoms with van der Waals surface area (Å²) < 4.78 is 0.842. The first-order chi connectivity index (χ1) is 11.4. The fourth-order valence-corrected chi connectivity index (χ4v) is 4.07. The smallest absolute Gasteiger partial charge is 0.269 e. The standard InChI is InChI=1S/C16H9Cl3N2OS2/c17-8-1-4-10(5-2-8)20-16(23)21-15(22)14-13(19)11-6-3-9(18)7-12(11)24-14/h1-7H,(H2,20,21,22,23). The molecule has 0 atom stereocenters. The van der Waals surface area contributed by atoms with Crippen molar-refractivity contribution in [3.63, 3.8) is 0 Å². The van der Waals surface area contributed by atoms with Crippen LogP contribution in [0.4, 0.5) is 5.69 Å². The molecule has 0 saturated carbocycles. The van der Waals surface area contributed by atoms with Crippen molar-refractivity contribution in [2.24, 2.45) is 0 Å². The molecule has 0 fully saturated rings. The Hall–Kier alpha value is -1.37. The number of benzene rings is 2. The van der Waals surface area contributed by atoms with E-state index in [1.165, 1.54) is 11.3 Å². The Morgan fingerprint density at radius 2 is 1.67 bits per heavy atom. The van der Waals surface area contributed by atoms with Crippen LogP contribution in [0.25, 0.3) is 10.1 Å². The average Bonchev–Trinajstić information content (AvgIpc) is 2.86. The number of anilines is 1. The molecule has 2 N–H and O–H groups in total. The average molecular weight is 416 g/mol. The lowest BCUT2D eigenvalue weighted by Gasteiger charge is -2.09. The van der Waals surface area contributed by atoms with E-state index < -0.39 is 0 Å². The van der Waals surface area contributed by atoms with Crippen LogP contribution in [-0.2, 0) is 0 Å². The van der Waals surface area contributed by atoms with E-state index >= 15 is 0 Å². The number of nitrogens with one attached hydrogen (secondary N) is 2. The minimum absolute atomic E-state index is 0.175. The highest BCUT2D eigenvalue weighted by Gasteiger charge is 2.18. The second-order valence-corrected chi connectivity index (χ2v) is 7.51. The lowest BCUT2D eigenvalue weighted by atomic mass is 10.2. The molecule has 1 amide bonds. The molecule has 2 aromatic carbocycles. The fraction of sp³-hybridized carbons (Fsp3) is 0. The van der Waals surface area contributed by atoms with E-state index in [0.717, 1.165) is 15.8 Å². The molecule has 1 heterocycles. The maximum atomic E-state index is 12.4. The van der Waals surface area contributed by atoms with Crippen LogP contribution < -0.4 is 10.6 Å². The van der Waals surface area contributed by atoms with Gasteiger partial charge in [0.1, 0.15) is 4.88 Å². The first-order valence-electron chi connectivity index (χ1n) is 6.69. The molecule has 0 radical (unpaired) electrons. The monoisotopic (exact) mass is 414 g/mol. The Morgan fingerprint density at radius 1 is 1.00 bits per heavy atom. The van der Waals surface area contributed by atoms with Gasteiger partial charge in [-0.05, 0) is 48.6 Å². The minimum atomic E-state index is -0.371. The Balaban J connectivity index is 1.76. The van der Waals surface area contributed by atoms with E-state index in [0.29, 0.717) is 19.9 Å². The highest BCUT2D eigenvalue weighted by Crippen LogP contribution is 2.36. The summed E-state index contributed by atoms with van der Waals surface area (Å²) in [6.45, 7) is 0. The Morgan fingerprint density at radius 3 is 2.38 bits per heavy atom. The highest BCUT2D eigenvalue weighted by atomic mass is 35.5. The molecular weight excluding hydrogens is 407 g/mol. The van der Waals surface area contributed by atoms with E-state index in [2.05, 4.69) is 10.6 Å². The van der Waals surface area contributed by atoms with Gasteiger partial charge in [0.15, 0.2) is 5.11 Å². The van der Waals surface area contributed by atoms with Crippen LogP contribution >= 0.6 is 58.4 Å². The van der Waals surface area contributed by atoms with Crippen LogP contribution in [0, 0.1) is 0 Å². The SMILES string of the molecule is O=C(NC(=S)Nc1ccc(Cl)cc1)c1sc2cc(Cl)ccc2c1Cl. The van der Waals surface area contributed by atoms with Gasteiger partial charge in [-0.3, -0.25) is 10.1 Å². The van der Waals surface area contributed by atoms with Crippen molar-refractivity contribution in [2.75, 3.05) is 5.32 Å². The van der Waals surface area contributed by atoms with Crippen molar-refractivity contribution < 1.29 is 4.79 Å². The summed E-state index contributed by atoms with van der Waals surface area (Å²) in [7, 11) is 0. The third-order valence-electron chi connectivity index (χ3n) is 3.13. The number of carbonyl (C=O) groups excluding carboxylic acids is 1.